The number of hydrogen-bond donors (Lipinski definition) is 1. The molecule has 1 saturated heterocycles. The van der Waals surface area contributed by atoms with E-state index in [9.17, 15) is 10.1 Å². The molecule has 2 aromatic rings. The van der Waals surface area contributed by atoms with Gasteiger partial charge in [0, 0.05) is 26.2 Å². The fourth-order valence-electron chi connectivity index (χ4n) is 3.19. The van der Waals surface area contributed by atoms with Crippen LogP contribution in [0.2, 0.25) is 0 Å². The summed E-state index contributed by atoms with van der Waals surface area (Å²) in [4.78, 5) is 23.7. The molecule has 0 spiro atoms. The Morgan fingerprint density at radius 3 is 2.88 bits per heavy atom. The Kier molecular flexibility index (Phi) is 4.73. The first-order valence-corrected chi connectivity index (χ1v) is 8.29. The van der Waals surface area contributed by atoms with Gasteiger partial charge in [0.05, 0.1) is 6.54 Å². The van der Waals surface area contributed by atoms with Crippen LogP contribution < -0.4 is 15.8 Å². The summed E-state index contributed by atoms with van der Waals surface area (Å²) >= 11 is 0. The average Bonchev–Trinajstić information content (AvgIpc) is 3.01. The van der Waals surface area contributed by atoms with Gasteiger partial charge in [-0.25, -0.2) is 0 Å². The van der Waals surface area contributed by atoms with Gasteiger partial charge in [-0.1, -0.05) is 5.92 Å². The fourth-order valence-corrected chi connectivity index (χ4v) is 3.19. The van der Waals surface area contributed by atoms with E-state index < -0.39 is 0 Å². The van der Waals surface area contributed by atoms with E-state index in [1.54, 1.807) is 14.0 Å². The van der Waals surface area contributed by atoms with Gasteiger partial charge in [0.25, 0.3) is 5.56 Å². The molecule has 130 valence electrons. The van der Waals surface area contributed by atoms with Crippen LogP contribution in [0.4, 0.5) is 5.95 Å². The van der Waals surface area contributed by atoms with Crippen LogP contribution in [0.15, 0.2) is 4.79 Å². The summed E-state index contributed by atoms with van der Waals surface area (Å²) < 4.78 is 3.08. The van der Waals surface area contributed by atoms with Crippen molar-refractivity contribution in [3.8, 4) is 17.9 Å². The molecular weight excluding hydrogens is 318 g/mol. The maximum absolute atomic E-state index is 12.7. The van der Waals surface area contributed by atoms with Crippen LogP contribution in [-0.2, 0) is 13.6 Å². The van der Waals surface area contributed by atoms with E-state index in [0.717, 1.165) is 25.9 Å². The van der Waals surface area contributed by atoms with E-state index in [-0.39, 0.29) is 11.4 Å². The SMILES string of the molecule is CC#CCn1c(N2CCCC(NC)C2)nc2nc(C#N)n(C)c(=O)c21. The van der Waals surface area contributed by atoms with Crippen molar-refractivity contribution < 1.29 is 0 Å². The zero-order valence-electron chi connectivity index (χ0n) is 14.7. The fraction of sp³-hybridized carbons (Fsp3) is 0.529. The smallest absolute Gasteiger partial charge is 0.280 e. The molecule has 1 aliphatic rings. The molecule has 25 heavy (non-hydrogen) atoms. The van der Waals surface area contributed by atoms with Crippen LogP contribution in [0.25, 0.3) is 11.2 Å². The molecule has 1 fully saturated rings. The second-order valence-corrected chi connectivity index (χ2v) is 6.08. The van der Waals surface area contributed by atoms with E-state index in [1.807, 2.05) is 17.7 Å². The van der Waals surface area contributed by atoms with Gasteiger partial charge in [-0.05, 0) is 26.8 Å². The number of anilines is 1. The second kappa shape index (κ2) is 6.96. The van der Waals surface area contributed by atoms with E-state index in [1.165, 1.54) is 4.57 Å². The van der Waals surface area contributed by atoms with Crippen molar-refractivity contribution in [1.29, 1.82) is 5.26 Å². The quantitative estimate of drug-likeness (QED) is 0.804. The molecule has 1 unspecified atom stereocenters. The van der Waals surface area contributed by atoms with E-state index in [2.05, 4.69) is 32.0 Å². The number of rotatable bonds is 3. The van der Waals surface area contributed by atoms with Crippen molar-refractivity contribution in [2.75, 3.05) is 25.0 Å². The van der Waals surface area contributed by atoms with Crippen molar-refractivity contribution in [2.24, 2.45) is 7.05 Å². The molecule has 1 atom stereocenters. The molecule has 0 amide bonds. The zero-order chi connectivity index (χ0) is 18.0. The second-order valence-electron chi connectivity index (χ2n) is 6.08. The molecule has 0 saturated carbocycles. The molecule has 8 heteroatoms. The molecule has 0 bridgehead atoms. The third-order valence-corrected chi connectivity index (χ3v) is 4.59. The molecule has 0 radical (unpaired) electrons. The van der Waals surface area contributed by atoms with Crippen molar-refractivity contribution in [3.05, 3.63) is 16.2 Å². The van der Waals surface area contributed by atoms with Crippen molar-refractivity contribution >= 4 is 17.1 Å². The topological polar surface area (TPSA) is 91.8 Å². The largest absolute Gasteiger partial charge is 0.341 e. The van der Waals surface area contributed by atoms with Crippen molar-refractivity contribution in [2.45, 2.75) is 32.4 Å². The first-order valence-electron chi connectivity index (χ1n) is 8.29. The Morgan fingerprint density at radius 2 is 2.20 bits per heavy atom. The number of nitriles is 1. The first-order chi connectivity index (χ1) is 12.1. The number of piperidine rings is 1. The lowest BCUT2D eigenvalue weighted by Gasteiger charge is -2.33. The third kappa shape index (κ3) is 2.97. The van der Waals surface area contributed by atoms with Crippen molar-refractivity contribution in [1.82, 2.24) is 24.4 Å². The Labute approximate surface area is 146 Å². The van der Waals surface area contributed by atoms with Gasteiger partial charge in [0.1, 0.15) is 6.07 Å². The number of aromatic nitrogens is 4. The maximum Gasteiger partial charge on any atom is 0.280 e. The molecule has 1 N–H and O–H groups in total. The van der Waals surface area contributed by atoms with Gasteiger partial charge in [0.15, 0.2) is 11.2 Å². The van der Waals surface area contributed by atoms with E-state index >= 15 is 0 Å². The lowest BCUT2D eigenvalue weighted by Crippen LogP contribution is -2.45. The van der Waals surface area contributed by atoms with Crippen LogP contribution in [0, 0.1) is 23.2 Å². The summed E-state index contributed by atoms with van der Waals surface area (Å²) in [6.07, 6.45) is 2.16. The number of imidazole rings is 1. The van der Waals surface area contributed by atoms with Gasteiger partial charge in [-0.2, -0.15) is 15.2 Å². The molecule has 8 nitrogen and oxygen atoms in total. The number of likely N-dealkylation sites (N-methyl/N-ethyl adjacent to an activating group) is 1. The van der Waals surface area contributed by atoms with Gasteiger partial charge in [-0.15, -0.1) is 5.92 Å². The molecule has 1 aliphatic heterocycles. The monoisotopic (exact) mass is 339 g/mol. The van der Waals surface area contributed by atoms with Gasteiger partial charge >= 0.3 is 0 Å². The summed E-state index contributed by atoms with van der Waals surface area (Å²) in [5.74, 6) is 6.63. The highest BCUT2D eigenvalue weighted by atomic mass is 16.1. The van der Waals surface area contributed by atoms with Crippen LogP contribution in [0.5, 0.6) is 0 Å². The van der Waals surface area contributed by atoms with Crippen LogP contribution in [0.1, 0.15) is 25.6 Å². The first kappa shape index (κ1) is 17.0. The summed E-state index contributed by atoms with van der Waals surface area (Å²) in [5, 5.41) is 12.5. The van der Waals surface area contributed by atoms with E-state index in [4.69, 9.17) is 0 Å². The molecule has 2 aromatic heterocycles. The highest BCUT2D eigenvalue weighted by molar-refractivity contribution is 5.74. The number of fused-ring (bicyclic) bond motifs is 1. The lowest BCUT2D eigenvalue weighted by molar-refractivity contribution is 0.443. The minimum atomic E-state index is -0.277. The van der Waals surface area contributed by atoms with Crippen molar-refractivity contribution in [3.63, 3.8) is 0 Å². The Bertz CT molecular complexity index is 954. The summed E-state index contributed by atoms with van der Waals surface area (Å²) in [6.45, 7) is 3.81. The number of nitrogens with one attached hydrogen (secondary N) is 1. The Balaban J connectivity index is 2.20. The molecule has 0 aromatic carbocycles. The highest BCUT2D eigenvalue weighted by Gasteiger charge is 2.25. The zero-order valence-corrected chi connectivity index (χ0v) is 14.7. The summed E-state index contributed by atoms with van der Waals surface area (Å²) in [7, 11) is 3.50. The van der Waals surface area contributed by atoms with Crippen LogP contribution in [0.3, 0.4) is 0 Å². The normalized spacial score (nSPS) is 17.2. The average molecular weight is 339 g/mol. The molecular formula is C17H21N7O. The lowest BCUT2D eigenvalue weighted by atomic mass is 10.1. The maximum atomic E-state index is 12.7. The Morgan fingerprint density at radius 1 is 1.40 bits per heavy atom. The molecule has 3 rings (SSSR count). The Hall–Kier alpha value is -2.84. The standard InChI is InChI=1S/C17H21N7O/c1-4-5-9-24-14-15(20-13(10-18)22(3)16(14)25)21-17(24)23-8-6-7-12(11-23)19-2/h12,19H,6-9,11H2,1-3H3. The van der Waals surface area contributed by atoms with Gasteiger partial charge in [0.2, 0.25) is 11.8 Å². The minimum Gasteiger partial charge on any atom is -0.341 e. The van der Waals surface area contributed by atoms with E-state index in [0.29, 0.717) is 29.7 Å². The predicted molar refractivity (Wildman–Crippen MR) is 95.2 cm³/mol. The highest BCUT2D eigenvalue weighted by Crippen LogP contribution is 2.23. The van der Waals surface area contributed by atoms with Crippen LogP contribution >= 0.6 is 0 Å². The number of nitrogens with zero attached hydrogens (tertiary/aromatic N) is 6. The third-order valence-electron chi connectivity index (χ3n) is 4.59. The summed E-state index contributed by atoms with van der Waals surface area (Å²) in [5.41, 5.74) is 0.422. The summed E-state index contributed by atoms with van der Waals surface area (Å²) in [6, 6.07) is 2.33. The molecule has 3 heterocycles. The minimum absolute atomic E-state index is 0.0574. The van der Waals surface area contributed by atoms with Gasteiger partial charge < -0.3 is 10.2 Å². The van der Waals surface area contributed by atoms with Gasteiger partial charge in [-0.3, -0.25) is 13.9 Å². The predicted octanol–water partition coefficient (Wildman–Crippen LogP) is 0.213. The molecule has 0 aliphatic carbocycles. The van der Waals surface area contributed by atoms with Crippen LogP contribution in [-0.4, -0.2) is 45.3 Å². The number of hydrogen-bond acceptors (Lipinski definition) is 6.